The lowest BCUT2D eigenvalue weighted by molar-refractivity contribution is 0.0751. The number of aromatic nitrogens is 1. The predicted molar refractivity (Wildman–Crippen MR) is 85.8 cm³/mol. The van der Waals surface area contributed by atoms with Gasteiger partial charge in [0.1, 0.15) is 5.82 Å². The third-order valence-electron chi connectivity index (χ3n) is 3.65. The Hall–Kier alpha value is -2.08. The topological polar surface area (TPSA) is 62.5 Å². The van der Waals surface area contributed by atoms with E-state index in [0.29, 0.717) is 5.82 Å². The van der Waals surface area contributed by atoms with Gasteiger partial charge in [-0.2, -0.15) is 0 Å². The molecule has 1 amide bonds. The Morgan fingerprint density at radius 1 is 1.19 bits per heavy atom. The van der Waals surface area contributed by atoms with Crippen molar-refractivity contribution in [2.75, 3.05) is 36.8 Å². The van der Waals surface area contributed by atoms with Crippen molar-refractivity contribution in [1.82, 2.24) is 9.88 Å². The number of nitrogen functional groups attached to an aromatic ring is 1. The standard InChI is InChI=1S/C15H18N4OS/c1-11-2-4-13(21-11)15(20)19-8-6-18(7-9-19)12-3-5-14(16)17-10-12/h2-5,10H,6-9H2,1H3,(H2,16,17). The molecule has 6 heteroatoms. The van der Waals surface area contributed by atoms with Crippen molar-refractivity contribution in [3.63, 3.8) is 0 Å². The van der Waals surface area contributed by atoms with Gasteiger partial charge in [-0.25, -0.2) is 4.98 Å². The molecule has 1 saturated heterocycles. The first-order valence-electron chi connectivity index (χ1n) is 6.96. The van der Waals surface area contributed by atoms with E-state index < -0.39 is 0 Å². The third-order valence-corrected chi connectivity index (χ3v) is 4.64. The minimum absolute atomic E-state index is 0.142. The van der Waals surface area contributed by atoms with E-state index in [-0.39, 0.29) is 5.91 Å². The van der Waals surface area contributed by atoms with Crippen molar-refractivity contribution in [2.45, 2.75) is 6.92 Å². The van der Waals surface area contributed by atoms with Crippen LogP contribution in [0.25, 0.3) is 0 Å². The molecule has 3 rings (SSSR count). The van der Waals surface area contributed by atoms with Gasteiger partial charge in [-0.1, -0.05) is 0 Å². The van der Waals surface area contributed by atoms with Crippen molar-refractivity contribution in [2.24, 2.45) is 0 Å². The highest BCUT2D eigenvalue weighted by Crippen LogP contribution is 2.20. The Bertz CT molecular complexity index is 629. The number of nitrogens with two attached hydrogens (primary N) is 1. The summed E-state index contributed by atoms with van der Waals surface area (Å²) in [7, 11) is 0. The molecule has 2 aromatic rings. The van der Waals surface area contributed by atoms with Crippen LogP contribution in [0.1, 0.15) is 14.5 Å². The monoisotopic (exact) mass is 302 g/mol. The maximum absolute atomic E-state index is 12.4. The molecule has 0 unspecified atom stereocenters. The maximum atomic E-state index is 12.4. The molecule has 3 heterocycles. The second-order valence-electron chi connectivity index (χ2n) is 5.13. The quantitative estimate of drug-likeness (QED) is 0.921. The zero-order chi connectivity index (χ0) is 14.8. The Morgan fingerprint density at radius 2 is 1.95 bits per heavy atom. The lowest BCUT2D eigenvalue weighted by atomic mass is 10.2. The summed E-state index contributed by atoms with van der Waals surface area (Å²) in [6, 6.07) is 7.69. The molecule has 1 aliphatic heterocycles. The molecule has 1 aliphatic rings. The average molecular weight is 302 g/mol. The molecule has 0 atom stereocenters. The predicted octanol–water partition coefficient (Wildman–Crippen LogP) is 2.00. The molecule has 0 aromatic carbocycles. The van der Waals surface area contributed by atoms with E-state index in [4.69, 9.17) is 5.73 Å². The zero-order valence-corrected chi connectivity index (χ0v) is 12.8. The van der Waals surface area contributed by atoms with E-state index in [2.05, 4.69) is 9.88 Å². The number of hydrogen-bond donors (Lipinski definition) is 1. The molecule has 110 valence electrons. The zero-order valence-electron chi connectivity index (χ0n) is 12.0. The van der Waals surface area contributed by atoms with E-state index in [1.54, 1.807) is 23.6 Å². The minimum atomic E-state index is 0.142. The van der Waals surface area contributed by atoms with Crippen molar-refractivity contribution < 1.29 is 4.79 Å². The number of anilines is 2. The average Bonchev–Trinajstić information content (AvgIpc) is 2.94. The number of amides is 1. The first-order chi connectivity index (χ1) is 10.1. The van der Waals surface area contributed by atoms with Gasteiger partial charge in [-0.15, -0.1) is 11.3 Å². The van der Waals surface area contributed by atoms with Crippen molar-refractivity contribution in [3.8, 4) is 0 Å². The van der Waals surface area contributed by atoms with Gasteiger partial charge in [0.25, 0.3) is 5.91 Å². The van der Waals surface area contributed by atoms with Gasteiger partial charge in [0.2, 0.25) is 0 Å². The van der Waals surface area contributed by atoms with E-state index in [0.717, 1.165) is 36.7 Å². The van der Waals surface area contributed by atoms with Crippen molar-refractivity contribution >= 4 is 28.7 Å². The number of rotatable bonds is 2. The summed E-state index contributed by atoms with van der Waals surface area (Å²) in [5.41, 5.74) is 6.66. The molecule has 0 radical (unpaired) electrons. The van der Waals surface area contributed by atoms with Gasteiger partial charge in [-0.05, 0) is 31.2 Å². The van der Waals surface area contributed by atoms with Crippen LogP contribution < -0.4 is 10.6 Å². The highest BCUT2D eigenvalue weighted by Gasteiger charge is 2.23. The Morgan fingerprint density at radius 3 is 2.52 bits per heavy atom. The summed E-state index contributed by atoms with van der Waals surface area (Å²) >= 11 is 1.56. The fourth-order valence-corrected chi connectivity index (χ4v) is 3.29. The molecule has 0 saturated carbocycles. The van der Waals surface area contributed by atoms with Gasteiger partial charge in [-0.3, -0.25) is 4.79 Å². The molecule has 2 N–H and O–H groups in total. The summed E-state index contributed by atoms with van der Waals surface area (Å²) in [4.78, 5) is 22.7. The molecule has 5 nitrogen and oxygen atoms in total. The SMILES string of the molecule is Cc1ccc(C(=O)N2CCN(c3ccc(N)nc3)CC2)s1. The smallest absolute Gasteiger partial charge is 0.264 e. The number of carbonyl (C=O) groups is 1. The largest absolute Gasteiger partial charge is 0.384 e. The van der Waals surface area contributed by atoms with E-state index in [1.165, 1.54) is 4.88 Å². The van der Waals surface area contributed by atoms with Crippen LogP contribution >= 0.6 is 11.3 Å². The third kappa shape index (κ3) is 3.00. The second-order valence-corrected chi connectivity index (χ2v) is 6.42. The molecule has 0 bridgehead atoms. The van der Waals surface area contributed by atoms with Crippen molar-refractivity contribution in [1.29, 1.82) is 0 Å². The van der Waals surface area contributed by atoms with Gasteiger partial charge >= 0.3 is 0 Å². The molecule has 0 aliphatic carbocycles. The fourth-order valence-electron chi connectivity index (χ4n) is 2.46. The summed E-state index contributed by atoms with van der Waals surface area (Å²) in [6.45, 7) is 5.14. The first kappa shape index (κ1) is 13.9. The van der Waals surface area contributed by atoms with Crippen molar-refractivity contribution in [3.05, 3.63) is 40.2 Å². The summed E-state index contributed by atoms with van der Waals surface area (Å²) in [6.07, 6.45) is 1.79. The molecule has 1 fully saturated rings. The van der Waals surface area contributed by atoms with Crippen LogP contribution in [-0.2, 0) is 0 Å². The molecule has 2 aromatic heterocycles. The second kappa shape index (κ2) is 5.73. The Kier molecular flexibility index (Phi) is 3.79. The lowest BCUT2D eigenvalue weighted by Crippen LogP contribution is -2.48. The van der Waals surface area contributed by atoms with Crippen LogP contribution in [0.15, 0.2) is 30.5 Å². The van der Waals surface area contributed by atoms with Gasteiger partial charge in [0, 0.05) is 31.1 Å². The normalized spacial score (nSPS) is 15.3. The Labute approximate surface area is 128 Å². The van der Waals surface area contributed by atoms with Crippen LogP contribution in [0.4, 0.5) is 11.5 Å². The first-order valence-corrected chi connectivity index (χ1v) is 7.77. The summed E-state index contributed by atoms with van der Waals surface area (Å²) < 4.78 is 0. The molecule has 0 spiro atoms. The van der Waals surface area contributed by atoms with Crippen LogP contribution in [0.2, 0.25) is 0 Å². The number of thiophene rings is 1. The lowest BCUT2D eigenvalue weighted by Gasteiger charge is -2.35. The number of pyridine rings is 1. The number of hydrogen-bond acceptors (Lipinski definition) is 5. The van der Waals surface area contributed by atoms with Crippen LogP contribution in [0.5, 0.6) is 0 Å². The number of nitrogens with zero attached hydrogens (tertiary/aromatic N) is 3. The highest BCUT2D eigenvalue weighted by molar-refractivity contribution is 7.13. The Balaban J connectivity index is 1.62. The fraction of sp³-hybridized carbons (Fsp3) is 0.333. The van der Waals surface area contributed by atoms with Crippen LogP contribution in [0, 0.1) is 6.92 Å². The molecule has 21 heavy (non-hydrogen) atoms. The molecular weight excluding hydrogens is 284 g/mol. The number of aryl methyl sites for hydroxylation is 1. The van der Waals surface area contributed by atoms with Gasteiger partial charge < -0.3 is 15.5 Å². The number of carbonyl (C=O) groups excluding carboxylic acids is 1. The van der Waals surface area contributed by atoms with E-state index in [9.17, 15) is 4.79 Å². The van der Waals surface area contributed by atoms with Gasteiger partial charge in [0.05, 0.1) is 16.8 Å². The van der Waals surface area contributed by atoms with E-state index >= 15 is 0 Å². The molecular formula is C15H18N4OS. The summed E-state index contributed by atoms with van der Waals surface area (Å²) in [5.74, 6) is 0.670. The van der Waals surface area contributed by atoms with Crippen LogP contribution in [-0.4, -0.2) is 42.0 Å². The number of piperazine rings is 1. The van der Waals surface area contributed by atoms with E-state index in [1.807, 2.05) is 30.0 Å². The van der Waals surface area contributed by atoms with Crippen LogP contribution in [0.3, 0.4) is 0 Å². The summed E-state index contributed by atoms with van der Waals surface area (Å²) in [5, 5.41) is 0. The maximum Gasteiger partial charge on any atom is 0.264 e. The minimum Gasteiger partial charge on any atom is -0.384 e. The highest BCUT2D eigenvalue weighted by atomic mass is 32.1. The van der Waals surface area contributed by atoms with Gasteiger partial charge in [0.15, 0.2) is 0 Å².